The van der Waals surface area contributed by atoms with E-state index < -0.39 is 0 Å². The summed E-state index contributed by atoms with van der Waals surface area (Å²) in [4.78, 5) is 0. The van der Waals surface area contributed by atoms with Gasteiger partial charge < -0.3 is 5.32 Å². The minimum absolute atomic E-state index is 0.996. The Balaban J connectivity index is 1.49. The van der Waals surface area contributed by atoms with Crippen LogP contribution in [0.5, 0.6) is 0 Å². The van der Waals surface area contributed by atoms with Gasteiger partial charge in [-0.1, -0.05) is 32.6 Å². The molecule has 0 aromatic heterocycles. The summed E-state index contributed by atoms with van der Waals surface area (Å²) in [6, 6.07) is 0. The van der Waals surface area contributed by atoms with E-state index in [2.05, 4.69) is 12.2 Å². The van der Waals surface area contributed by atoms with E-state index in [1.54, 1.807) is 0 Å². The molecule has 1 N–H and O–H groups in total. The molecule has 0 aliphatic heterocycles. The van der Waals surface area contributed by atoms with Crippen LogP contribution in [-0.4, -0.2) is 13.1 Å². The number of nitrogens with one attached hydrogen (secondary N) is 1. The summed E-state index contributed by atoms with van der Waals surface area (Å²) in [7, 11) is 0. The minimum atomic E-state index is 0.996. The molecular weight excluding hydrogens is 182 g/mol. The summed E-state index contributed by atoms with van der Waals surface area (Å²) in [6.45, 7) is 4.99. The van der Waals surface area contributed by atoms with Crippen LogP contribution in [0.3, 0.4) is 0 Å². The lowest BCUT2D eigenvalue weighted by atomic mass is 9.81. The Kier molecular flexibility index (Phi) is 4.49. The first-order chi connectivity index (χ1) is 7.34. The maximum absolute atomic E-state index is 3.65. The fourth-order valence-corrected chi connectivity index (χ4v) is 3.13. The second-order valence-corrected chi connectivity index (χ2v) is 5.93. The quantitative estimate of drug-likeness (QED) is 0.682. The van der Waals surface area contributed by atoms with E-state index in [1.807, 2.05) is 0 Å². The third-order valence-corrected chi connectivity index (χ3v) is 4.43. The van der Waals surface area contributed by atoms with Crippen LogP contribution in [0.25, 0.3) is 0 Å². The fraction of sp³-hybridized carbons (Fsp3) is 1.00. The highest BCUT2D eigenvalue weighted by Crippen LogP contribution is 2.30. The van der Waals surface area contributed by atoms with Crippen molar-refractivity contribution in [2.24, 2.45) is 17.8 Å². The lowest BCUT2D eigenvalue weighted by Crippen LogP contribution is -2.29. The maximum atomic E-state index is 3.65. The van der Waals surface area contributed by atoms with E-state index >= 15 is 0 Å². The predicted molar refractivity (Wildman–Crippen MR) is 65.9 cm³/mol. The zero-order valence-corrected chi connectivity index (χ0v) is 10.3. The Bertz CT molecular complexity index is 174. The second-order valence-electron chi connectivity index (χ2n) is 5.93. The van der Waals surface area contributed by atoms with Gasteiger partial charge in [0, 0.05) is 0 Å². The van der Waals surface area contributed by atoms with E-state index in [9.17, 15) is 0 Å². The van der Waals surface area contributed by atoms with Gasteiger partial charge in [-0.2, -0.15) is 0 Å². The number of hydrogen-bond donors (Lipinski definition) is 1. The first kappa shape index (κ1) is 11.4. The highest BCUT2D eigenvalue weighted by Gasteiger charge is 2.19. The normalized spacial score (nSPS) is 32.6. The minimum Gasteiger partial charge on any atom is -0.316 e. The molecule has 0 saturated heterocycles. The van der Waals surface area contributed by atoms with Gasteiger partial charge in [0.25, 0.3) is 0 Å². The van der Waals surface area contributed by atoms with Crippen molar-refractivity contribution in [1.82, 2.24) is 5.32 Å². The summed E-state index contributed by atoms with van der Waals surface area (Å²) in [6.07, 6.45) is 11.8. The molecule has 0 aromatic rings. The Morgan fingerprint density at radius 1 is 1.00 bits per heavy atom. The molecular formula is C14H27N. The van der Waals surface area contributed by atoms with Crippen LogP contribution < -0.4 is 5.32 Å². The van der Waals surface area contributed by atoms with Crippen molar-refractivity contribution in [2.75, 3.05) is 13.1 Å². The van der Waals surface area contributed by atoms with Crippen LogP contribution in [-0.2, 0) is 0 Å². The first-order valence-corrected chi connectivity index (χ1v) is 7.05. The lowest BCUT2D eigenvalue weighted by Gasteiger charge is -2.28. The molecule has 0 heterocycles. The van der Waals surface area contributed by atoms with Gasteiger partial charge in [-0.15, -0.1) is 0 Å². The Morgan fingerprint density at radius 2 is 1.73 bits per heavy atom. The topological polar surface area (TPSA) is 12.0 Å². The predicted octanol–water partition coefficient (Wildman–Crippen LogP) is 3.59. The van der Waals surface area contributed by atoms with Crippen molar-refractivity contribution < 1.29 is 0 Å². The zero-order chi connectivity index (χ0) is 10.5. The van der Waals surface area contributed by atoms with Crippen LogP contribution in [0.2, 0.25) is 0 Å². The van der Waals surface area contributed by atoms with E-state index in [0.717, 1.165) is 17.8 Å². The smallest absolute Gasteiger partial charge is 0.00205 e. The van der Waals surface area contributed by atoms with Crippen LogP contribution >= 0.6 is 0 Å². The van der Waals surface area contributed by atoms with Crippen LogP contribution in [0.4, 0.5) is 0 Å². The van der Waals surface area contributed by atoms with Gasteiger partial charge in [-0.3, -0.25) is 0 Å². The Morgan fingerprint density at radius 3 is 2.40 bits per heavy atom. The molecule has 2 aliphatic rings. The van der Waals surface area contributed by atoms with Crippen molar-refractivity contribution in [3.8, 4) is 0 Å². The molecule has 2 saturated carbocycles. The van der Waals surface area contributed by atoms with Gasteiger partial charge in [-0.25, -0.2) is 0 Å². The highest BCUT2D eigenvalue weighted by molar-refractivity contribution is 4.74. The number of hydrogen-bond acceptors (Lipinski definition) is 1. The van der Waals surface area contributed by atoms with Crippen molar-refractivity contribution in [1.29, 1.82) is 0 Å². The molecule has 2 atom stereocenters. The van der Waals surface area contributed by atoms with Gasteiger partial charge in [0.1, 0.15) is 0 Å². The van der Waals surface area contributed by atoms with Crippen LogP contribution in [0.15, 0.2) is 0 Å². The summed E-state index contributed by atoms with van der Waals surface area (Å²) in [5.41, 5.74) is 0. The van der Waals surface area contributed by atoms with E-state index in [-0.39, 0.29) is 0 Å². The standard InChI is InChI=1S/C14H27N/c1-12-4-2-5-13(10-12)8-9-15-11-14-6-3-7-14/h12-15H,2-11H2,1H3. The summed E-state index contributed by atoms with van der Waals surface area (Å²) < 4.78 is 0. The summed E-state index contributed by atoms with van der Waals surface area (Å²) in [5, 5.41) is 3.65. The molecule has 15 heavy (non-hydrogen) atoms. The zero-order valence-electron chi connectivity index (χ0n) is 10.3. The average molecular weight is 209 g/mol. The molecule has 2 aliphatic carbocycles. The second kappa shape index (κ2) is 5.89. The molecule has 88 valence electrons. The molecule has 0 bridgehead atoms. The molecule has 2 unspecified atom stereocenters. The molecule has 1 nitrogen and oxygen atoms in total. The molecule has 0 spiro atoms. The van der Waals surface area contributed by atoms with Gasteiger partial charge >= 0.3 is 0 Å². The third-order valence-electron chi connectivity index (χ3n) is 4.43. The van der Waals surface area contributed by atoms with E-state index in [0.29, 0.717) is 0 Å². The largest absolute Gasteiger partial charge is 0.316 e. The van der Waals surface area contributed by atoms with Crippen molar-refractivity contribution >= 4 is 0 Å². The SMILES string of the molecule is CC1CCCC(CCNCC2CCC2)C1. The monoisotopic (exact) mass is 209 g/mol. The van der Waals surface area contributed by atoms with E-state index in [4.69, 9.17) is 0 Å². The highest BCUT2D eigenvalue weighted by atomic mass is 14.9. The molecule has 2 rings (SSSR count). The first-order valence-electron chi connectivity index (χ1n) is 7.05. The summed E-state index contributed by atoms with van der Waals surface area (Å²) in [5.74, 6) is 3.05. The lowest BCUT2D eigenvalue weighted by molar-refractivity contribution is 0.258. The summed E-state index contributed by atoms with van der Waals surface area (Å²) >= 11 is 0. The Hall–Kier alpha value is -0.0400. The van der Waals surface area contributed by atoms with Gasteiger partial charge in [0.15, 0.2) is 0 Å². The maximum Gasteiger partial charge on any atom is -0.00205 e. The molecule has 0 radical (unpaired) electrons. The molecule has 2 fully saturated rings. The van der Waals surface area contributed by atoms with Crippen molar-refractivity contribution in [3.05, 3.63) is 0 Å². The third kappa shape index (κ3) is 3.79. The van der Waals surface area contributed by atoms with E-state index in [1.165, 1.54) is 64.5 Å². The van der Waals surface area contributed by atoms with Gasteiger partial charge in [0.2, 0.25) is 0 Å². The van der Waals surface area contributed by atoms with Crippen LogP contribution in [0.1, 0.15) is 58.3 Å². The molecule has 0 aromatic carbocycles. The van der Waals surface area contributed by atoms with Crippen LogP contribution in [0, 0.1) is 17.8 Å². The van der Waals surface area contributed by atoms with Gasteiger partial charge in [0.05, 0.1) is 0 Å². The molecule has 1 heteroatoms. The number of rotatable bonds is 5. The fourth-order valence-electron chi connectivity index (χ4n) is 3.13. The van der Waals surface area contributed by atoms with Crippen molar-refractivity contribution in [3.63, 3.8) is 0 Å². The average Bonchev–Trinajstić information content (AvgIpc) is 2.15. The Labute approximate surface area is 95.0 Å². The molecule has 0 amide bonds. The van der Waals surface area contributed by atoms with Crippen molar-refractivity contribution in [2.45, 2.75) is 58.3 Å². The van der Waals surface area contributed by atoms with Gasteiger partial charge in [-0.05, 0) is 56.5 Å².